The molecule has 2 aromatic rings. The molecule has 19 heavy (non-hydrogen) atoms. The minimum absolute atomic E-state index is 0.482. The number of nitrogens with zero attached hydrogens (tertiary/aromatic N) is 1. The lowest BCUT2D eigenvalue weighted by molar-refractivity contribution is -0.514. The highest BCUT2D eigenvalue weighted by molar-refractivity contribution is 5.21. The van der Waals surface area contributed by atoms with Gasteiger partial charge in [-0.05, 0) is 24.3 Å². The molecular formula is C14H15NO4. The molecule has 0 spiro atoms. The van der Waals surface area contributed by atoms with Crippen molar-refractivity contribution in [3.05, 3.63) is 70.8 Å². The van der Waals surface area contributed by atoms with Gasteiger partial charge in [0.25, 0.3) is 0 Å². The maximum absolute atomic E-state index is 9.85. The molecule has 0 radical (unpaired) electrons. The molecule has 0 aliphatic carbocycles. The first-order valence-corrected chi connectivity index (χ1v) is 5.61. The van der Waals surface area contributed by atoms with Gasteiger partial charge in [-0.3, -0.25) is 10.1 Å². The van der Waals surface area contributed by atoms with Crippen molar-refractivity contribution in [1.29, 1.82) is 0 Å². The molecule has 2 rings (SSSR count). The summed E-state index contributed by atoms with van der Waals surface area (Å²) in [5, 5.41) is 9.85. The van der Waals surface area contributed by atoms with Crippen LogP contribution in [0.1, 0.15) is 0 Å². The third kappa shape index (κ3) is 6.68. The van der Waals surface area contributed by atoms with E-state index in [1.54, 1.807) is 31.4 Å². The Bertz CT molecular complexity index is 473. The van der Waals surface area contributed by atoms with Gasteiger partial charge in [-0.25, -0.2) is 0 Å². The molecule has 5 heteroatoms. The summed E-state index contributed by atoms with van der Waals surface area (Å²) in [6.07, 6.45) is 0. The van der Waals surface area contributed by atoms with Crippen LogP contribution in [-0.4, -0.2) is 18.8 Å². The molecule has 0 atom stereocenters. The van der Waals surface area contributed by atoms with E-state index in [1.807, 2.05) is 36.4 Å². The summed E-state index contributed by atoms with van der Waals surface area (Å²) in [4.78, 5) is 9.33. The van der Waals surface area contributed by atoms with E-state index in [4.69, 9.17) is 9.47 Å². The molecule has 0 bridgehead atoms. The second-order valence-corrected chi connectivity index (χ2v) is 3.44. The fourth-order valence-corrected chi connectivity index (χ4v) is 1.20. The minimum Gasteiger partial charge on any atom is -0.497 e. The highest BCUT2D eigenvalue weighted by Gasteiger charge is 1.95. The van der Waals surface area contributed by atoms with Crippen molar-refractivity contribution >= 4 is 0 Å². The van der Waals surface area contributed by atoms with Crippen molar-refractivity contribution in [2.24, 2.45) is 0 Å². The molecule has 0 N–H and O–H groups in total. The van der Waals surface area contributed by atoms with Crippen LogP contribution in [0.4, 0.5) is 0 Å². The fourth-order valence-electron chi connectivity index (χ4n) is 1.20. The lowest BCUT2D eigenvalue weighted by Crippen LogP contribution is -2.07. The molecule has 0 amide bonds. The molecule has 0 fully saturated rings. The van der Waals surface area contributed by atoms with Crippen LogP contribution in [0.2, 0.25) is 0 Å². The normalized spacial score (nSPS) is 8.89. The van der Waals surface area contributed by atoms with E-state index in [0.717, 1.165) is 5.75 Å². The van der Waals surface area contributed by atoms with Crippen LogP contribution >= 0.6 is 0 Å². The van der Waals surface area contributed by atoms with Crippen LogP contribution in [0.5, 0.6) is 11.5 Å². The van der Waals surface area contributed by atoms with Gasteiger partial charge in [0.1, 0.15) is 11.5 Å². The van der Waals surface area contributed by atoms with Crippen molar-refractivity contribution in [3.8, 4) is 11.5 Å². The van der Waals surface area contributed by atoms with Gasteiger partial charge >= 0.3 is 6.73 Å². The van der Waals surface area contributed by atoms with Gasteiger partial charge in [-0.15, -0.1) is 0 Å². The molecule has 0 aliphatic heterocycles. The average molecular weight is 261 g/mol. The van der Waals surface area contributed by atoms with Gasteiger partial charge in [0.15, 0.2) is 0 Å². The van der Waals surface area contributed by atoms with E-state index in [-0.39, 0.29) is 0 Å². The first-order chi connectivity index (χ1) is 9.22. The van der Waals surface area contributed by atoms with Gasteiger partial charge in [0, 0.05) is 0 Å². The zero-order chi connectivity index (χ0) is 13.9. The Morgan fingerprint density at radius 2 is 1.42 bits per heavy atom. The van der Waals surface area contributed by atoms with Crippen LogP contribution in [-0.2, 0) is 0 Å². The van der Waals surface area contributed by atoms with Gasteiger partial charge in [-0.1, -0.05) is 36.4 Å². The summed E-state index contributed by atoms with van der Waals surface area (Å²) in [5.41, 5.74) is 0. The number of benzene rings is 2. The Morgan fingerprint density at radius 1 is 0.947 bits per heavy atom. The van der Waals surface area contributed by atoms with Crippen LogP contribution in [0, 0.1) is 10.1 Å². The lowest BCUT2D eigenvalue weighted by Gasteiger charge is -1.98. The molecule has 0 saturated carbocycles. The van der Waals surface area contributed by atoms with Gasteiger partial charge < -0.3 is 9.47 Å². The summed E-state index contributed by atoms with van der Waals surface area (Å²) in [6.45, 7) is -0.482. The third-order valence-corrected chi connectivity index (χ3v) is 2.06. The topological polar surface area (TPSA) is 61.6 Å². The van der Waals surface area contributed by atoms with Crippen LogP contribution in [0.3, 0.4) is 0 Å². The SMILES string of the molecule is COc1ccccc1.O=[N+]([O-])COc1ccccc1. The summed E-state index contributed by atoms with van der Waals surface area (Å²) in [6, 6.07) is 18.4. The van der Waals surface area contributed by atoms with Gasteiger partial charge in [0.2, 0.25) is 0 Å². The number of rotatable bonds is 4. The molecule has 0 heterocycles. The number of hydrogen-bond donors (Lipinski definition) is 0. The van der Waals surface area contributed by atoms with Crippen molar-refractivity contribution in [2.75, 3.05) is 13.8 Å². The highest BCUT2D eigenvalue weighted by Crippen LogP contribution is 2.07. The van der Waals surface area contributed by atoms with E-state index in [1.165, 1.54) is 0 Å². The van der Waals surface area contributed by atoms with Crippen LogP contribution in [0.15, 0.2) is 60.7 Å². The maximum Gasteiger partial charge on any atom is 0.344 e. The third-order valence-electron chi connectivity index (χ3n) is 2.06. The van der Waals surface area contributed by atoms with E-state index >= 15 is 0 Å². The second-order valence-electron chi connectivity index (χ2n) is 3.44. The van der Waals surface area contributed by atoms with Crippen LogP contribution in [0.25, 0.3) is 0 Å². The number of nitro groups is 1. The number of ether oxygens (including phenoxy) is 2. The first kappa shape index (κ1) is 14.5. The van der Waals surface area contributed by atoms with E-state index in [2.05, 4.69) is 0 Å². The number of hydrogen-bond acceptors (Lipinski definition) is 4. The highest BCUT2D eigenvalue weighted by atomic mass is 16.7. The van der Waals surface area contributed by atoms with E-state index < -0.39 is 11.7 Å². The Morgan fingerprint density at radius 3 is 1.79 bits per heavy atom. The molecule has 100 valence electrons. The van der Waals surface area contributed by atoms with Gasteiger partial charge in [-0.2, -0.15) is 0 Å². The van der Waals surface area contributed by atoms with Crippen molar-refractivity contribution < 1.29 is 14.4 Å². The van der Waals surface area contributed by atoms with Crippen molar-refractivity contribution in [1.82, 2.24) is 0 Å². The largest absolute Gasteiger partial charge is 0.497 e. The van der Waals surface area contributed by atoms with Crippen LogP contribution < -0.4 is 9.47 Å². The Hall–Kier alpha value is -2.56. The fraction of sp³-hybridized carbons (Fsp3) is 0.143. The van der Waals surface area contributed by atoms with Gasteiger partial charge in [0.05, 0.1) is 12.0 Å². The predicted molar refractivity (Wildman–Crippen MR) is 71.9 cm³/mol. The second kappa shape index (κ2) is 8.52. The van der Waals surface area contributed by atoms with Crippen molar-refractivity contribution in [3.63, 3.8) is 0 Å². The monoisotopic (exact) mass is 261 g/mol. The molecule has 0 aromatic heterocycles. The predicted octanol–water partition coefficient (Wildman–Crippen LogP) is 2.99. The van der Waals surface area contributed by atoms with E-state index in [0.29, 0.717) is 5.75 Å². The maximum atomic E-state index is 9.85. The quantitative estimate of drug-likeness (QED) is 0.482. The number of para-hydroxylation sites is 2. The molecule has 0 saturated heterocycles. The summed E-state index contributed by atoms with van der Waals surface area (Å²) >= 11 is 0. The summed E-state index contributed by atoms with van der Waals surface area (Å²) in [5.74, 6) is 1.43. The molecule has 5 nitrogen and oxygen atoms in total. The summed E-state index contributed by atoms with van der Waals surface area (Å²) in [7, 11) is 1.66. The minimum atomic E-state index is -0.521. The number of methoxy groups -OCH3 is 1. The Kier molecular flexibility index (Phi) is 6.50. The standard InChI is InChI=1S/C7H7NO3.C7H8O/c9-8(10)6-11-7-4-2-1-3-5-7;1-8-7-5-3-2-4-6-7/h1-5H,6H2;2-6H,1H3. The zero-order valence-corrected chi connectivity index (χ0v) is 10.6. The van der Waals surface area contributed by atoms with E-state index in [9.17, 15) is 10.1 Å². The molecule has 2 aromatic carbocycles. The molecule has 0 aliphatic rings. The Labute approximate surface area is 111 Å². The Balaban J connectivity index is 0.000000200. The first-order valence-electron chi connectivity index (χ1n) is 5.61. The smallest absolute Gasteiger partial charge is 0.344 e. The zero-order valence-electron chi connectivity index (χ0n) is 10.6. The molecular weight excluding hydrogens is 246 g/mol. The van der Waals surface area contributed by atoms with Crippen molar-refractivity contribution in [2.45, 2.75) is 0 Å². The molecule has 0 unspecified atom stereocenters. The lowest BCUT2D eigenvalue weighted by atomic mass is 10.3. The average Bonchev–Trinajstić information content (AvgIpc) is 2.48. The summed E-state index contributed by atoms with van der Waals surface area (Å²) < 4.78 is 9.68.